The Bertz CT molecular complexity index is 465. The number of halogens is 1. The largest absolute Gasteiger partial charge is 0.345 e. The smallest absolute Gasteiger partial charge is 0.265 e. The molecule has 0 bridgehead atoms. The summed E-state index contributed by atoms with van der Waals surface area (Å²) in [6, 6.07) is 0. The Hall–Kier alpha value is -0.490. The van der Waals surface area contributed by atoms with E-state index in [0.717, 1.165) is 36.7 Å². The maximum absolute atomic E-state index is 12.5. The van der Waals surface area contributed by atoms with Crippen molar-refractivity contribution in [1.82, 2.24) is 14.9 Å². The summed E-state index contributed by atoms with van der Waals surface area (Å²) in [4.78, 5) is 13.2. The molecule has 112 valence electrons. The molecule has 1 saturated carbocycles. The molecule has 1 N–H and O–H groups in total. The number of rotatable bonds is 5. The molecule has 0 spiro atoms. The number of amides is 1. The molecule has 1 aliphatic rings. The number of nitrogens with one attached hydrogen (secondary N) is 1. The standard InChI is InChI=1S/C14H22BrN3OS/c1-3-5-11-12(20-18-17-11)13(19)16-14(9-15)7-4-6-10(2)8-14/h10H,3-9H2,1-2H3,(H,16,19). The lowest BCUT2D eigenvalue weighted by Gasteiger charge is -2.39. The molecule has 1 aromatic rings. The molecule has 0 aliphatic heterocycles. The van der Waals surface area contributed by atoms with Crippen molar-refractivity contribution in [1.29, 1.82) is 0 Å². The fourth-order valence-corrected chi connectivity index (χ4v) is 4.26. The van der Waals surface area contributed by atoms with E-state index in [1.54, 1.807) is 0 Å². The molecule has 6 heteroatoms. The van der Waals surface area contributed by atoms with Gasteiger partial charge in [0.2, 0.25) is 0 Å². The first kappa shape index (κ1) is 15.9. The molecular formula is C14H22BrN3OS. The van der Waals surface area contributed by atoms with Crippen LogP contribution in [0.1, 0.15) is 61.3 Å². The highest BCUT2D eigenvalue weighted by Gasteiger charge is 2.36. The van der Waals surface area contributed by atoms with Gasteiger partial charge in [-0.05, 0) is 36.7 Å². The summed E-state index contributed by atoms with van der Waals surface area (Å²) in [5, 5.41) is 8.15. The molecule has 0 radical (unpaired) electrons. The summed E-state index contributed by atoms with van der Waals surface area (Å²) >= 11 is 4.80. The summed E-state index contributed by atoms with van der Waals surface area (Å²) in [6.07, 6.45) is 6.32. The van der Waals surface area contributed by atoms with Gasteiger partial charge in [0.25, 0.3) is 5.91 Å². The first-order chi connectivity index (χ1) is 9.60. The van der Waals surface area contributed by atoms with Gasteiger partial charge >= 0.3 is 0 Å². The third-order valence-corrected chi connectivity index (χ3v) is 5.81. The lowest BCUT2D eigenvalue weighted by molar-refractivity contribution is 0.0872. The number of aromatic nitrogens is 2. The SMILES string of the molecule is CCCc1nnsc1C(=O)NC1(CBr)CCCC(C)C1. The van der Waals surface area contributed by atoms with E-state index in [1.165, 1.54) is 24.4 Å². The molecule has 0 saturated heterocycles. The van der Waals surface area contributed by atoms with Crippen LogP contribution >= 0.6 is 27.5 Å². The van der Waals surface area contributed by atoms with Crippen LogP contribution in [-0.4, -0.2) is 26.4 Å². The van der Waals surface area contributed by atoms with Crippen molar-refractivity contribution in [3.8, 4) is 0 Å². The van der Waals surface area contributed by atoms with Crippen LogP contribution in [-0.2, 0) is 6.42 Å². The molecule has 0 aromatic carbocycles. The maximum atomic E-state index is 12.5. The van der Waals surface area contributed by atoms with E-state index < -0.39 is 0 Å². The molecule has 1 fully saturated rings. The minimum atomic E-state index is -0.109. The van der Waals surface area contributed by atoms with Crippen LogP contribution in [0.2, 0.25) is 0 Å². The van der Waals surface area contributed by atoms with Crippen molar-refractivity contribution in [3.05, 3.63) is 10.6 Å². The highest BCUT2D eigenvalue weighted by atomic mass is 79.9. The molecule has 4 nitrogen and oxygen atoms in total. The van der Waals surface area contributed by atoms with E-state index in [9.17, 15) is 4.79 Å². The number of carbonyl (C=O) groups is 1. The van der Waals surface area contributed by atoms with Crippen molar-refractivity contribution in [2.75, 3.05) is 5.33 Å². The second kappa shape index (κ2) is 6.98. The van der Waals surface area contributed by atoms with E-state index >= 15 is 0 Å². The Morgan fingerprint density at radius 3 is 3.05 bits per heavy atom. The molecule has 2 atom stereocenters. The summed E-state index contributed by atoms with van der Waals surface area (Å²) < 4.78 is 3.94. The number of hydrogen-bond donors (Lipinski definition) is 1. The number of hydrogen-bond acceptors (Lipinski definition) is 4. The normalized spacial score (nSPS) is 26.4. The molecular weight excluding hydrogens is 338 g/mol. The lowest BCUT2D eigenvalue weighted by atomic mass is 9.77. The van der Waals surface area contributed by atoms with E-state index in [2.05, 4.69) is 44.7 Å². The summed E-state index contributed by atoms with van der Waals surface area (Å²) in [5.74, 6) is 0.660. The number of alkyl halides is 1. The third-order valence-electron chi connectivity index (χ3n) is 3.97. The second-order valence-corrected chi connectivity index (χ2v) is 7.18. The fraction of sp³-hybridized carbons (Fsp3) is 0.786. The summed E-state index contributed by atoms with van der Waals surface area (Å²) in [6.45, 7) is 4.35. The van der Waals surface area contributed by atoms with Crippen LogP contribution in [0.3, 0.4) is 0 Å². The van der Waals surface area contributed by atoms with Crippen LogP contribution in [0, 0.1) is 5.92 Å². The van der Waals surface area contributed by atoms with Gasteiger partial charge in [-0.15, -0.1) is 5.10 Å². The molecule has 1 heterocycles. The monoisotopic (exact) mass is 359 g/mol. The average Bonchev–Trinajstić information content (AvgIpc) is 2.87. The van der Waals surface area contributed by atoms with Gasteiger partial charge in [0.05, 0.1) is 11.2 Å². The number of carbonyl (C=O) groups excluding carboxylic acids is 1. The average molecular weight is 360 g/mol. The zero-order valence-corrected chi connectivity index (χ0v) is 14.5. The van der Waals surface area contributed by atoms with Crippen molar-refractivity contribution in [2.24, 2.45) is 5.92 Å². The van der Waals surface area contributed by atoms with Gasteiger partial charge in [0.15, 0.2) is 0 Å². The van der Waals surface area contributed by atoms with Crippen molar-refractivity contribution in [2.45, 2.75) is 57.9 Å². The maximum Gasteiger partial charge on any atom is 0.265 e. The Balaban J connectivity index is 2.10. The van der Waals surface area contributed by atoms with Crippen molar-refractivity contribution in [3.63, 3.8) is 0 Å². The zero-order chi connectivity index (χ0) is 14.6. The second-order valence-electron chi connectivity index (χ2n) is 5.87. The molecule has 2 rings (SSSR count). The number of aryl methyl sites for hydroxylation is 1. The Morgan fingerprint density at radius 2 is 2.40 bits per heavy atom. The predicted octanol–water partition coefficient (Wildman–Crippen LogP) is 3.56. The van der Waals surface area contributed by atoms with Gasteiger partial charge in [0.1, 0.15) is 4.88 Å². The lowest BCUT2D eigenvalue weighted by Crippen LogP contribution is -2.52. The van der Waals surface area contributed by atoms with Crippen LogP contribution in [0.5, 0.6) is 0 Å². The van der Waals surface area contributed by atoms with E-state index in [-0.39, 0.29) is 11.4 Å². The summed E-state index contributed by atoms with van der Waals surface area (Å²) in [7, 11) is 0. The zero-order valence-electron chi connectivity index (χ0n) is 12.1. The predicted molar refractivity (Wildman–Crippen MR) is 85.5 cm³/mol. The van der Waals surface area contributed by atoms with E-state index in [0.29, 0.717) is 10.8 Å². The third kappa shape index (κ3) is 3.58. The Labute approximate surface area is 133 Å². The van der Waals surface area contributed by atoms with Crippen LogP contribution < -0.4 is 5.32 Å². The quantitative estimate of drug-likeness (QED) is 0.817. The van der Waals surface area contributed by atoms with Gasteiger partial charge in [0, 0.05) is 5.33 Å². The van der Waals surface area contributed by atoms with Crippen LogP contribution in [0.4, 0.5) is 0 Å². The highest BCUT2D eigenvalue weighted by molar-refractivity contribution is 9.09. The Kier molecular flexibility index (Phi) is 5.55. The topological polar surface area (TPSA) is 54.9 Å². The fourth-order valence-electron chi connectivity index (χ4n) is 3.01. The van der Waals surface area contributed by atoms with E-state index in [1.807, 2.05) is 0 Å². The van der Waals surface area contributed by atoms with Crippen LogP contribution in [0.15, 0.2) is 0 Å². The minimum absolute atomic E-state index is 0.00278. The first-order valence-corrected chi connectivity index (χ1v) is 9.19. The molecule has 2 unspecified atom stereocenters. The summed E-state index contributed by atoms with van der Waals surface area (Å²) in [5.41, 5.74) is 0.728. The van der Waals surface area contributed by atoms with Gasteiger partial charge in [-0.2, -0.15) is 0 Å². The Morgan fingerprint density at radius 1 is 1.60 bits per heavy atom. The molecule has 1 amide bonds. The van der Waals surface area contributed by atoms with Crippen molar-refractivity contribution < 1.29 is 4.79 Å². The van der Waals surface area contributed by atoms with Crippen LogP contribution in [0.25, 0.3) is 0 Å². The van der Waals surface area contributed by atoms with Crippen molar-refractivity contribution >= 4 is 33.4 Å². The van der Waals surface area contributed by atoms with Gasteiger partial charge in [-0.25, -0.2) is 0 Å². The van der Waals surface area contributed by atoms with Gasteiger partial charge < -0.3 is 5.32 Å². The van der Waals surface area contributed by atoms with Gasteiger partial charge in [-0.3, -0.25) is 4.79 Å². The molecule has 1 aliphatic carbocycles. The minimum Gasteiger partial charge on any atom is -0.345 e. The molecule has 1 aromatic heterocycles. The molecule has 20 heavy (non-hydrogen) atoms. The van der Waals surface area contributed by atoms with Gasteiger partial charge in [-0.1, -0.05) is 53.5 Å². The highest BCUT2D eigenvalue weighted by Crippen LogP contribution is 2.34. The first-order valence-electron chi connectivity index (χ1n) is 7.30. The van der Waals surface area contributed by atoms with E-state index in [4.69, 9.17) is 0 Å². The number of nitrogens with zero attached hydrogens (tertiary/aromatic N) is 2.